The Hall–Kier alpha value is -0.830. The lowest BCUT2D eigenvalue weighted by Gasteiger charge is -2.11. The van der Waals surface area contributed by atoms with Crippen LogP contribution in [0.15, 0.2) is 12.7 Å². The van der Waals surface area contributed by atoms with Crippen molar-refractivity contribution in [1.82, 2.24) is 0 Å². The summed E-state index contributed by atoms with van der Waals surface area (Å²) in [4.78, 5) is 10.2. The molecule has 0 aliphatic carbocycles. The standard InChI is InChI=1S/C11H20O3/c1-3-5-6-7-8-10(4-2)14-9-11(12)13/h4,10H,2-3,5-9H2,1H3,(H,12,13). The first-order chi connectivity index (χ1) is 6.70. The summed E-state index contributed by atoms with van der Waals surface area (Å²) in [5, 5.41) is 8.41. The van der Waals surface area contributed by atoms with Gasteiger partial charge in [-0.1, -0.05) is 38.7 Å². The first-order valence-electron chi connectivity index (χ1n) is 5.16. The zero-order valence-electron chi connectivity index (χ0n) is 8.87. The average Bonchev–Trinajstić information content (AvgIpc) is 2.16. The number of hydrogen-bond acceptors (Lipinski definition) is 2. The molecule has 0 aliphatic rings. The van der Waals surface area contributed by atoms with E-state index >= 15 is 0 Å². The van der Waals surface area contributed by atoms with E-state index in [2.05, 4.69) is 13.5 Å². The van der Waals surface area contributed by atoms with Crippen molar-refractivity contribution < 1.29 is 14.6 Å². The number of ether oxygens (including phenoxy) is 1. The molecule has 0 saturated carbocycles. The maximum atomic E-state index is 10.2. The molecule has 0 aromatic carbocycles. The summed E-state index contributed by atoms with van der Waals surface area (Å²) in [7, 11) is 0. The van der Waals surface area contributed by atoms with Crippen molar-refractivity contribution in [3.63, 3.8) is 0 Å². The zero-order valence-corrected chi connectivity index (χ0v) is 8.87. The fraction of sp³-hybridized carbons (Fsp3) is 0.727. The molecular formula is C11H20O3. The normalized spacial score (nSPS) is 12.4. The van der Waals surface area contributed by atoms with Crippen LogP contribution in [0.2, 0.25) is 0 Å². The largest absolute Gasteiger partial charge is 0.480 e. The molecule has 0 bridgehead atoms. The Balaban J connectivity index is 3.47. The first-order valence-corrected chi connectivity index (χ1v) is 5.16. The van der Waals surface area contributed by atoms with Gasteiger partial charge in [0.15, 0.2) is 0 Å². The van der Waals surface area contributed by atoms with Gasteiger partial charge in [0.2, 0.25) is 0 Å². The van der Waals surface area contributed by atoms with Crippen LogP contribution in [0.4, 0.5) is 0 Å². The van der Waals surface area contributed by atoms with Crippen LogP contribution >= 0.6 is 0 Å². The Morgan fingerprint density at radius 2 is 2.21 bits per heavy atom. The van der Waals surface area contributed by atoms with Gasteiger partial charge in [-0.3, -0.25) is 0 Å². The zero-order chi connectivity index (χ0) is 10.8. The Kier molecular flexibility index (Phi) is 8.24. The number of carboxylic acids is 1. The molecule has 1 unspecified atom stereocenters. The van der Waals surface area contributed by atoms with Gasteiger partial charge >= 0.3 is 5.97 Å². The number of rotatable bonds is 9. The molecule has 0 amide bonds. The maximum Gasteiger partial charge on any atom is 0.329 e. The van der Waals surface area contributed by atoms with E-state index in [4.69, 9.17) is 9.84 Å². The van der Waals surface area contributed by atoms with Crippen molar-refractivity contribution in [3.8, 4) is 0 Å². The predicted octanol–water partition coefficient (Wildman–Crippen LogP) is 2.61. The summed E-state index contributed by atoms with van der Waals surface area (Å²) >= 11 is 0. The molecule has 3 heteroatoms. The number of carbonyl (C=O) groups is 1. The predicted molar refractivity (Wildman–Crippen MR) is 56.3 cm³/mol. The summed E-state index contributed by atoms with van der Waals surface area (Å²) in [5.74, 6) is -0.926. The van der Waals surface area contributed by atoms with Gasteiger partial charge in [-0.05, 0) is 6.42 Å². The molecule has 0 spiro atoms. The highest BCUT2D eigenvalue weighted by Crippen LogP contribution is 2.08. The molecule has 1 atom stereocenters. The van der Waals surface area contributed by atoms with Crippen molar-refractivity contribution in [2.45, 2.75) is 45.1 Å². The topological polar surface area (TPSA) is 46.5 Å². The molecule has 0 aliphatic heterocycles. The molecule has 0 radical (unpaired) electrons. The molecule has 0 fully saturated rings. The Morgan fingerprint density at radius 1 is 1.50 bits per heavy atom. The number of hydrogen-bond donors (Lipinski definition) is 1. The van der Waals surface area contributed by atoms with Crippen molar-refractivity contribution in [2.24, 2.45) is 0 Å². The SMILES string of the molecule is C=CC(CCCCCC)OCC(=O)O. The molecule has 1 N–H and O–H groups in total. The van der Waals surface area contributed by atoms with Crippen LogP contribution in [0.5, 0.6) is 0 Å². The monoisotopic (exact) mass is 200 g/mol. The second-order valence-corrected chi connectivity index (χ2v) is 3.33. The molecule has 0 heterocycles. The molecule has 0 rings (SSSR count). The summed E-state index contributed by atoms with van der Waals surface area (Å²) in [6.07, 6.45) is 7.12. The highest BCUT2D eigenvalue weighted by atomic mass is 16.5. The number of aliphatic carboxylic acids is 1. The minimum atomic E-state index is -0.926. The van der Waals surface area contributed by atoms with Gasteiger partial charge in [0.25, 0.3) is 0 Å². The van der Waals surface area contributed by atoms with Gasteiger partial charge in [-0.15, -0.1) is 6.58 Å². The minimum Gasteiger partial charge on any atom is -0.480 e. The highest BCUT2D eigenvalue weighted by molar-refractivity contribution is 5.68. The van der Waals surface area contributed by atoms with Crippen LogP contribution in [0.3, 0.4) is 0 Å². The second-order valence-electron chi connectivity index (χ2n) is 3.33. The van der Waals surface area contributed by atoms with E-state index < -0.39 is 5.97 Å². The van der Waals surface area contributed by atoms with E-state index in [0.717, 1.165) is 12.8 Å². The lowest BCUT2D eigenvalue weighted by Crippen LogP contribution is -2.15. The molecular weight excluding hydrogens is 180 g/mol. The fourth-order valence-electron chi connectivity index (χ4n) is 1.22. The molecule has 0 aromatic rings. The van der Waals surface area contributed by atoms with Crippen molar-refractivity contribution in [3.05, 3.63) is 12.7 Å². The summed E-state index contributed by atoms with van der Waals surface area (Å²) in [5.41, 5.74) is 0. The van der Waals surface area contributed by atoms with E-state index in [9.17, 15) is 4.79 Å². The van der Waals surface area contributed by atoms with E-state index in [1.165, 1.54) is 19.3 Å². The van der Waals surface area contributed by atoms with Crippen LogP contribution in [0.25, 0.3) is 0 Å². The van der Waals surface area contributed by atoms with Crippen LogP contribution in [0, 0.1) is 0 Å². The third-order valence-electron chi connectivity index (χ3n) is 2.03. The quantitative estimate of drug-likeness (QED) is 0.459. The highest BCUT2D eigenvalue weighted by Gasteiger charge is 2.06. The van der Waals surface area contributed by atoms with Gasteiger partial charge < -0.3 is 9.84 Å². The fourth-order valence-corrected chi connectivity index (χ4v) is 1.22. The van der Waals surface area contributed by atoms with Gasteiger partial charge in [0.05, 0.1) is 6.10 Å². The van der Waals surface area contributed by atoms with Gasteiger partial charge in [-0.25, -0.2) is 4.79 Å². The van der Waals surface area contributed by atoms with Gasteiger partial charge in [0, 0.05) is 0 Å². The summed E-state index contributed by atoms with van der Waals surface area (Å²) in [6, 6.07) is 0. The molecule has 0 aromatic heterocycles. The Morgan fingerprint density at radius 3 is 2.71 bits per heavy atom. The maximum absolute atomic E-state index is 10.2. The Labute approximate surface area is 85.8 Å². The van der Waals surface area contributed by atoms with E-state index in [1.54, 1.807) is 6.08 Å². The van der Waals surface area contributed by atoms with Crippen LogP contribution < -0.4 is 0 Å². The third-order valence-corrected chi connectivity index (χ3v) is 2.03. The van der Waals surface area contributed by atoms with Crippen LogP contribution in [-0.2, 0) is 9.53 Å². The molecule has 3 nitrogen and oxygen atoms in total. The average molecular weight is 200 g/mol. The van der Waals surface area contributed by atoms with E-state index in [-0.39, 0.29) is 12.7 Å². The molecule has 0 saturated heterocycles. The first kappa shape index (κ1) is 13.2. The third kappa shape index (κ3) is 7.80. The summed E-state index contributed by atoms with van der Waals surface area (Å²) in [6.45, 7) is 5.55. The molecule has 14 heavy (non-hydrogen) atoms. The van der Waals surface area contributed by atoms with Gasteiger partial charge in [0.1, 0.15) is 6.61 Å². The lowest BCUT2D eigenvalue weighted by atomic mass is 10.1. The van der Waals surface area contributed by atoms with Gasteiger partial charge in [-0.2, -0.15) is 0 Å². The van der Waals surface area contributed by atoms with E-state index in [0.29, 0.717) is 0 Å². The Bertz CT molecular complexity index is 166. The lowest BCUT2D eigenvalue weighted by molar-refractivity contribution is -0.143. The van der Waals surface area contributed by atoms with Crippen molar-refractivity contribution >= 4 is 5.97 Å². The number of carboxylic acid groups (broad SMARTS) is 1. The molecule has 82 valence electrons. The van der Waals surface area contributed by atoms with Crippen molar-refractivity contribution in [1.29, 1.82) is 0 Å². The van der Waals surface area contributed by atoms with Crippen LogP contribution in [-0.4, -0.2) is 23.8 Å². The summed E-state index contributed by atoms with van der Waals surface area (Å²) < 4.78 is 5.12. The smallest absolute Gasteiger partial charge is 0.329 e. The minimum absolute atomic E-state index is 0.108. The van der Waals surface area contributed by atoms with E-state index in [1.807, 2.05) is 0 Å². The van der Waals surface area contributed by atoms with Crippen LogP contribution in [0.1, 0.15) is 39.0 Å². The van der Waals surface area contributed by atoms with Crippen molar-refractivity contribution in [2.75, 3.05) is 6.61 Å². The number of unbranched alkanes of at least 4 members (excludes halogenated alkanes) is 3. The second kappa shape index (κ2) is 8.75.